The van der Waals surface area contributed by atoms with Crippen LogP contribution in [0.15, 0.2) is 35.2 Å². The van der Waals surface area contributed by atoms with Crippen molar-refractivity contribution in [2.24, 2.45) is 0 Å². The van der Waals surface area contributed by atoms with Crippen LogP contribution in [0.3, 0.4) is 0 Å². The Kier molecular flexibility index (Phi) is 6.01. The van der Waals surface area contributed by atoms with Gasteiger partial charge in [-0.05, 0) is 24.1 Å². The second kappa shape index (κ2) is 7.81. The number of hydrogen-bond acceptors (Lipinski definition) is 4. The van der Waals surface area contributed by atoms with Gasteiger partial charge < -0.3 is 9.84 Å². The van der Waals surface area contributed by atoms with E-state index in [2.05, 4.69) is 6.92 Å². The Hall–Kier alpha value is -1.86. The molecule has 0 aliphatic carbocycles. The Morgan fingerprint density at radius 2 is 2.17 bits per heavy atom. The van der Waals surface area contributed by atoms with E-state index >= 15 is 0 Å². The number of nitrogens with zero attached hydrogens (tertiary/aromatic N) is 1. The molecule has 2 rings (SSSR count). The van der Waals surface area contributed by atoms with Gasteiger partial charge in [0.25, 0.3) is 0 Å². The van der Waals surface area contributed by atoms with Crippen molar-refractivity contribution < 1.29 is 23.1 Å². The molecule has 6 nitrogen and oxygen atoms in total. The lowest BCUT2D eigenvalue weighted by atomic mass is 10.1. The first kappa shape index (κ1) is 18.5. The number of aliphatic carboxylic acids is 1. The van der Waals surface area contributed by atoms with Crippen LogP contribution in [0.25, 0.3) is 0 Å². The number of sulfonamides is 1. The normalized spacial score (nSPS) is 18.0. The van der Waals surface area contributed by atoms with Crippen molar-refractivity contribution in [3.8, 4) is 5.75 Å². The van der Waals surface area contributed by atoms with E-state index in [-0.39, 0.29) is 23.1 Å². The van der Waals surface area contributed by atoms with Crippen molar-refractivity contribution in [1.82, 2.24) is 4.31 Å². The van der Waals surface area contributed by atoms with E-state index in [1.807, 2.05) is 12.2 Å². The van der Waals surface area contributed by atoms with Crippen LogP contribution < -0.4 is 4.74 Å². The van der Waals surface area contributed by atoms with E-state index in [9.17, 15) is 13.2 Å². The molecular formula is C17H23NO5S. The minimum Gasteiger partial charge on any atom is -0.495 e. The molecule has 1 atom stereocenters. The second-order valence-electron chi connectivity index (χ2n) is 5.77. The van der Waals surface area contributed by atoms with Crippen molar-refractivity contribution in [2.45, 2.75) is 43.5 Å². The van der Waals surface area contributed by atoms with Crippen molar-refractivity contribution in [3.63, 3.8) is 0 Å². The maximum atomic E-state index is 13.1. The second-order valence-corrected chi connectivity index (χ2v) is 7.63. The summed E-state index contributed by atoms with van der Waals surface area (Å²) in [6, 6.07) is 4.32. The zero-order valence-electron chi connectivity index (χ0n) is 13.9. The third-order valence-electron chi connectivity index (χ3n) is 4.04. The number of carboxylic acid groups (broad SMARTS) is 1. The summed E-state index contributed by atoms with van der Waals surface area (Å²) < 4.78 is 32.8. The maximum absolute atomic E-state index is 13.1. The number of carbonyl (C=O) groups is 1. The molecular weight excluding hydrogens is 330 g/mol. The number of methoxy groups -OCH3 is 1. The lowest BCUT2D eigenvalue weighted by Crippen LogP contribution is -2.36. The van der Waals surface area contributed by atoms with Crippen LogP contribution in [-0.2, 0) is 21.2 Å². The maximum Gasteiger partial charge on any atom is 0.307 e. The highest BCUT2D eigenvalue weighted by atomic mass is 32.2. The average Bonchev–Trinajstić information content (AvgIpc) is 3.01. The minimum absolute atomic E-state index is 0.0222. The van der Waals surface area contributed by atoms with Crippen molar-refractivity contribution in [1.29, 1.82) is 0 Å². The SMILES string of the molecule is CCCCC1C=CCN1S(=O)(=O)c1cc(CC(=O)O)ccc1OC. The lowest BCUT2D eigenvalue weighted by molar-refractivity contribution is -0.136. The summed E-state index contributed by atoms with van der Waals surface area (Å²) in [4.78, 5) is 10.9. The van der Waals surface area contributed by atoms with E-state index in [0.717, 1.165) is 19.3 Å². The molecule has 1 unspecified atom stereocenters. The fourth-order valence-electron chi connectivity index (χ4n) is 2.82. The average molecular weight is 353 g/mol. The first-order chi connectivity index (χ1) is 11.4. The molecule has 0 amide bonds. The smallest absolute Gasteiger partial charge is 0.307 e. The summed E-state index contributed by atoms with van der Waals surface area (Å²) in [5.41, 5.74) is 0.430. The highest BCUT2D eigenvalue weighted by molar-refractivity contribution is 7.89. The molecule has 0 fully saturated rings. The molecule has 1 aliphatic rings. The largest absolute Gasteiger partial charge is 0.495 e. The number of rotatable bonds is 8. The van der Waals surface area contributed by atoms with Crippen LogP contribution in [0.1, 0.15) is 31.7 Å². The van der Waals surface area contributed by atoms with Crippen LogP contribution in [0.2, 0.25) is 0 Å². The van der Waals surface area contributed by atoms with E-state index in [4.69, 9.17) is 9.84 Å². The fourth-order valence-corrected chi connectivity index (χ4v) is 4.59. The zero-order valence-corrected chi connectivity index (χ0v) is 14.8. The van der Waals surface area contributed by atoms with Gasteiger partial charge in [-0.15, -0.1) is 0 Å². The first-order valence-electron chi connectivity index (χ1n) is 7.97. The zero-order chi connectivity index (χ0) is 17.7. The number of unbranched alkanes of at least 4 members (excludes halogenated alkanes) is 1. The number of carboxylic acids is 1. The Morgan fingerprint density at radius 3 is 2.79 bits per heavy atom. The number of benzene rings is 1. The number of ether oxygens (including phenoxy) is 1. The molecule has 1 heterocycles. The van der Waals surface area contributed by atoms with Crippen LogP contribution >= 0.6 is 0 Å². The summed E-state index contributed by atoms with van der Waals surface area (Å²) in [7, 11) is -2.36. The number of hydrogen-bond donors (Lipinski definition) is 1. The van der Waals surface area contributed by atoms with E-state index < -0.39 is 16.0 Å². The molecule has 0 bridgehead atoms. The third-order valence-corrected chi connectivity index (χ3v) is 5.95. The Morgan fingerprint density at radius 1 is 1.42 bits per heavy atom. The molecule has 1 aromatic carbocycles. The molecule has 0 spiro atoms. The van der Waals surface area contributed by atoms with Gasteiger partial charge in [-0.3, -0.25) is 4.79 Å². The topological polar surface area (TPSA) is 83.9 Å². The Labute approximate surface area is 142 Å². The molecule has 1 aliphatic heterocycles. The van der Waals surface area contributed by atoms with Crippen LogP contribution in [0.4, 0.5) is 0 Å². The highest BCUT2D eigenvalue weighted by Gasteiger charge is 2.34. The lowest BCUT2D eigenvalue weighted by Gasteiger charge is -2.25. The van der Waals surface area contributed by atoms with E-state index in [1.165, 1.54) is 23.5 Å². The molecule has 24 heavy (non-hydrogen) atoms. The minimum atomic E-state index is -3.77. The summed E-state index contributed by atoms with van der Waals surface area (Å²) in [6.45, 7) is 2.39. The van der Waals surface area contributed by atoms with Crippen LogP contribution in [-0.4, -0.2) is 43.5 Å². The quantitative estimate of drug-likeness (QED) is 0.726. The van der Waals surface area contributed by atoms with Crippen LogP contribution in [0.5, 0.6) is 5.75 Å². The van der Waals surface area contributed by atoms with Gasteiger partial charge in [-0.1, -0.05) is 38.0 Å². The summed E-state index contributed by atoms with van der Waals surface area (Å²) in [5.74, 6) is -0.780. The molecule has 7 heteroatoms. The molecule has 0 saturated heterocycles. The van der Waals surface area contributed by atoms with Gasteiger partial charge >= 0.3 is 5.97 Å². The molecule has 0 saturated carbocycles. The summed E-state index contributed by atoms with van der Waals surface area (Å²) in [6.07, 6.45) is 6.24. The van der Waals surface area contributed by atoms with Gasteiger partial charge in [0, 0.05) is 12.6 Å². The molecule has 0 aromatic heterocycles. The van der Waals surface area contributed by atoms with E-state index in [1.54, 1.807) is 6.07 Å². The fraction of sp³-hybridized carbons (Fsp3) is 0.471. The summed E-state index contributed by atoms with van der Waals surface area (Å²) >= 11 is 0. The Balaban J connectivity index is 2.38. The Bertz CT molecular complexity index is 726. The molecule has 132 valence electrons. The standard InChI is InChI=1S/C17H23NO5S/c1-3-4-6-14-7-5-10-18(14)24(21,22)16-11-13(12-17(19)20)8-9-15(16)23-2/h5,7-9,11,14H,3-4,6,10,12H2,1-2H3,(H,19,20). The van der Waals surface area contributed by atoms with Gasteiger partial charge in [0.1, 0.15) is 10.6 Å². The third kappa shape index (κ3) is 3.96. The predicted octanol–water partition coefficient (Wildman–Crippen LogP) is 2.44. The van der Waals surface area contributed by atoms with Gasteiger partial charge in [0.2, 0.25) is 10.0 Å². The molecule has 0 radical (unpaired) electrons. The molecule has 1 aromatic rings. The van der Waals surface area contributed by atoms with Gasteiger partial charge in [0.05, 0.1) is 13.5 Å². The van der Waals surface area contributed by atoms with E-state index in [0.29, 0.717) is 12.1 Å². The van der Waals surface area contributed by atoms with Gasteiger partial charge in [-0.2, -0.15) is 4.31 Å². The van der Waals surface area contributed by atoms with Gasteiger partial charge in [-0.25, -0.2) is 8.42 Å². The first-order valence-corrected chi connectivity index (χ1v) is 9.41. The van der Waals surface area contributed by atoms with Crippen molar-refractivity contribution in [3.05, 3.63) is 35.9 Å². The van der Waals surface area contributed by atoms with Crippen molar-refractivity contribution >= 4 is 16.0 Å². The molecule has 1 N–H and O–H groups in total. The predicted molar refractivity (Wildman–Crippen MR) is 90.7 cm³/mol. The monoisotopic (exact) mass is 353 g/mol. The van der Waals surface area contributed by atoms with Crippen molar-refractivity contribution in [2.75, 3.05) is 13.7 Å². The highest BCUT2D eigenvalue weighted by Crippen LogP contribution is 2.31. The van der Waals surface area contributed by atoms with Crippen LogP contribution in [0, 0.1) is 0 Å². The summed E-state index contributed by atoms with van der Waals surface area (Å²) in [5, 5.41) is 8.94. The van der Waals surface area contributed by atoms with Gasteiger partial charge in [0.15, 0.2) is 0 Å².